The van der Waals surface area contributed by atoms with Crippen LogP contribution in [0.25, 0.3) is 16.5 Å². The molecule has 164 valence electrons. The van der Waals surface area contributed by atoms with Crippen LogP contribution in [-0.4, -0.2) is 20.3 Å². The predicted octanol–water partition coefficient (Wildman–Crippen LogP) is 5.01. The molecular weight excluding hydrogens is 400 g/mol. The van der Waals surface area contributed by atoms with Crippen LogP contribution in [0, 0.1) is 27.7 Å². The van der Waals surface area contributed by atoms with Gasteiger partial charge in [0, 0.05) is 22.5 Å². The van der Waals surface area contributed by atoms with Crippen molar-refractivity contribution in [3.63, 3.8) is 0 Å². The van der Waals surface area contributed by atoms with E-state index in [2.05, 4.69) is 10.4 Å². The molecule has 0 aliphatic rings. The number of nitrogens with one attached hydrogen (secondary N) is 1. The lowest BCUT2D eigenvalue weighted by atomic mass is 10.1. The minimum Gasteiger partial charge on any atom is -0.335 e. The second-order valence-electron chi connectivity index (χ2n) is 8.19. The molecule has 6 heteroatoms. The Labute approximate surface area is 187 Å². The fraction of sp³-hybridized carbons (Fsp3) is 0.269. The average molecular weight is 429 g/mol. The molecule has 1 amide bonds. The van der Waals surface area contributed by atoms with Crippen molar-refractivity contribution in [2.45, 2.75) is 47.1 Å². The molecule has 0 bridgehead atoms. The minimum absolute atomic E-state index is 0.0935. The molecule has 2 aromatic heterocycles. The summed E-state index contributed by atoms with van der Waals surface area (Å²) in [4.78, 5) is 26.7. The highest BCUT2D eigenvalue weighted by Gasteiger charge is 2.26. The van der Waals surface area contributed by atoms with Gasteiger partial charge >= 0.3 is 0 Å². The molecule has 0 saturated heterocycles. The van der Waals surface area contributed by atoms with Crippen LogP contribution in [0.2, 0.25) is 0 Å². The molecule has 4 rings (SSSR count). The number of hydrogen-bond acceptors (Lipinski definition) is 3. The summed E-state index contributed by atoms with van der Waals surface area (Å²) in [6, 6.07) is 14.8. The summed E-state index contributed by atoms with van der Waals surface area (Å²) in [7, 11) is 0. The van der Waals surface area contributed by atoms with Crippen molar-refractivity contribution in [3.8, 4) is 5.69 Å². The number of nitrogens with zero attached hydrogens (tertiary/aromatic N) is 3. The van der Waals surface area contributed by atoms with Crippen molar-refractivity contribution in [3.05, 3.63) is 87.6 Å². The highest BCUT2D eigenvalue weighted by molar-refractivity contribution is 5.96. The van der Waals surface area contributed by atoms with Gasteiger partial charge in [-0.25, -0.2) is 0 Å². The number of aryl methyl sites for hydroxylation is 3. The molecule has 0 aliphatic carbocycles. The highest BCUT2D eigenvalue weighted by atomic mass is 16.2. The number of anilines is 1. The van der Waals surface area contributed by atoms with Crippen LogP contribution in [-0.2, 0) is 4.79 Å². The topological polar surface area (TPSA) is 68.9 Å². The molecular formula is C26H28N4O2. The number of hydrogen-bond donors (Lipinski definition) is 1. The molecule has 0 saturated carbocycles. The van der Waals surface area contributed by atoms with Gasteiger partial charge in [0.05, 0.1) is 17.3 Å². The SMILES string of the molecule is CC[C@@H](C(=O)Nc1cccc(C)c1C)n1c(C)c2cnn(-c3ccccc3)c(=O)c2c1C. The summed E-state index contributed by atoms with van der Waals surface area (Å²) in [5.41, 5.74) is 5.16. The van der Waals surface area contributed by atoms with Crippen LogP contribution in [0.5, 0.6) is 0 Å². The van der Waals surface area contributed by atoms with E-state index in [1.807, 2.05) is 87.7 Å². The third-order valence-corrected chi connectivity index (χ3v) is 6.32. The summed E-state index contributed by atoms with van der Waals surface area (Å²) in [5.74, 6) is -0.0935. The number of aromatic nitrogens is 3. The minimum atomic E-state index is -0.438. The van der Waals surface area contributed by atoms with Gasteiger partial charge in [0.15, 0.2) is 0 Å². The van der Waals surface area contributed by atoms with Crippen molar-refractivity contribution < 1.29 is 4.79 Å². The maximum atomic E-state index is 13.4. The first-order chi connectivity index (χ1) is 15.3. The summed E-state index contributed by atoms with van der Waals surface area (Å²) >= 11 is 0. The number of amides is 1. The molecule has 1 N–H and O–H groups in total. The molecule has 2 heterocycles. The maximum absolute atomic E-state index is 13.4. The van der Waals surface area contributed by atoms with Gasteiger partial charge in [-0.1, -0.05) is 37.3 Å². The lowest BCUT2D eigenvalue weighted by Crippen LogP contribution is -2.27. The molecule has 2 aromatic carbocycles. The third kappa shape index (κ3) is 3.51. The Balaban J connectivity index is 1.80. The first kappa shape index (κ1) is 21.6. The molecule has 1 atom stereocenters. The Kier molecular flexibility index (Phi) is 5.70. The fourth-order valence-corrected chi connectivity index (χ4v) is 4.39. The third-order valence-electron chi connectivity index (χ3n) is 6.32. The van der Waals surface area contributed by atoms with E-state index in [1.165, 1.54) is 4.68 Å². The molecule has 0 aliphatic heterocycles. The van der Waals surface area contributed by atoms with Crippen molar-refractivity contribution >= 4 is 22.4 Å². The Morgan fingerprint density at radius 1 is 1.00 bits per heavy atom. The molecule has 4 aromatic rings. The number of carbonyl (C=O) groups is 1. The lowest BCUT2D eigenvalue weighted by Gasteiger charge is -2.21. The van der Waals surface area contributed by atoms with Crippen LogP contribution in [0.15, 0.2) is 59.5 Å². The standard InChI is InChI=1S/C26H28N4O2/c1-6-23(25(31)28-22-14-10-11-16(2)17(22)3)29-18(4)21-15-27-30(20-12-8-7-9-13-20)26(32)24(21)19(29)5/h7-15,23H,6H2,1-5H3,(H,28,31)/t23-/m0/s1. The zero-order valence-corrected chi connectivity index (χ0v) is 19.1. The fourth-order valence-electron chi connectivity index (χ4n) is 4.39. The zero-order valence-electron chi connectivity index (χ0n) is 19.1. The summed E-state index contributed by atoms with van der Waals surface area (Å²) in [5, 5.41) is 8.87. The van der Waals surface area contributed by atoms with Crippen LogP contribution < -0.4 is 10.9 Å². The predicted molar refractivity (Wildman–Crippen MR) is 129 cm³/mol. The smallest absolute Gasteiger partial charge is 0.281 e. The zero-order chi connectivity index (χ0) is 23.0. The molecule has 0 fully saturated rings. The summed E-state index contributed by atoms with van der Waals surface area (Å²) < 4.78 is 3.39. The largest absolute Gasteiger partial charge is 0.335 e. The van der Waals surface area contributed by atoms with Gasteiger partial charge in [0.25, 0.3) is 5.56 Å². The van der Waals surface area contributed by atoms with E-state index in [0.29, 0.717) is 17.5 Å². The van der Waals surface area contributed by atoms with Crippen molar-refractivity contribution in [1.29, 1.82) is 0 Å². The van der Waals surface area contributed by atoms with Crippen LogP contribution in [0.1, 0.15) is 41.9 Å². The maximum Gasteiger partial charge on any atom is 0.281 e. The van der Waals surface area contributed by atoms with E-state index < -0.39 is 6.04 Å². The van der Waals surface area contributed by atoms with E-state index in [1.54, 1.807) is 6.20 Å². The molecule has 0 spiro atoms. The van der Waals surface area contributed by atoms with Gasteiger partial charge < -0.3 is 9.88 Å². The first-order valence-corrected chi connectivity index (χ1v) is 10.9. The normalized spacial score (nSPS) is 12.2. The average Bonchev–Trinajstić information content (AvgIpc) is 3.04. The van der Waals surface area contributed by atoms with E-state index in [-0.39, 0.29) is 11.5 Å². The van der Waals surface area contributed by atoms with Crippen molar-refractivity contribution in [2.75, 3.05) is 5.32 Å². The summed E-state index contributed by atoms with van der Waals surface area (Å²) in [6.07, 6.45) is 2.32. The van der Waals surface area contributed by atoms with Crippen molar-refractivity contribution in [2.24, 2.45) is 0 Å². The number of fused-ring (bicyclic) bond motifs is 1. The van der Waals surface area contributed by atoms with Gasteiger partial charge in [0.2, 0.25) is 5.91 Å². The quantitative estimate of drug-likeness (QED) is 0.486. The number of rotatable bonds is 5. The van der Waals surface area contributed by atoms with E-state index in [0.717, 1.165) is 33.6 Å². The lowest BCUT2D eigenvalue weighted by molar-refractivity contribution is -0.119. The van der Waals surface area contributed by atoms with E-state index >= 15 is 0 Å². The molecule has 0 unspecified atom stereocenters. The monoisotopic (exact) mass is 428 g/mol. The van der Waals surface area contributed by atoms with E-state index in [4.69, 9.17) is 0 Å². The van der Waals surface area contributed by atoms with Gasteiger partial charge in [0.1, 0.15) is 6.04 Å². The Bertz CT molecular complexity index is 1370. The number of carbonyl (C=O) groups excluding carboxylic acids is 1. The van der Waals surface area contributed by atoms with Crippen LogP contribution in [0.3, 0.4) is 0 Å². The highest BCUT2D eigenvalue weighted by Crippen LogP contribution is 2.29. The Morgan fingerprint density at radius 3 is 2.41 bits per heavy atom. The summed E-state index contributed by atoms with van der Waals surface area (Å²) in [6.45, 7) is 9.86. The second kappa shape index (κ2) is 8.46. The molecule has 6 nitrogen and oxygen atoms in total. The first-order valence-electron chi connectivity index (χ1n) is 10.9. The molecule has 32 heavy (non-hydrogen) atoms. The van der Waals surface area contributed by atoms with Gasteiger partial charge in [-0.05, 0) is 63.4 Å². The van der Waals surface area contributed by atoms with Gasteiger partial charge in [-0.2, -0.15) is 9.78 Å². The second-order valence-corrected chi connectivity index (χ2v) is 8.19. The Morgan fingerprint density at radius 2 is 1.72 bits per heavy atom. The van der Waals surface area contributed by atoms with Crippen LogP contribution >= 0.6 is 0 Å². The number of benzene rings is 2. The van der Waals surface area contributed by atoms with E-state index in [9.17, 15) is 9.59 Å². The Hall–Kier alpha value is -3.67. The van der Waals surface area contributed by atoms with Crippen molar-refractivity contribution in [1.82, 2.24) is 14.3 Å². The molecule has 0 radical (unpaired) electrons. The van der Waals surface area contributed by atoms with Crippen LogP contribution in [0.4, 0.5) is 5.69 Å². The number of para-hydroxylation sites is 1. The van der Waals surface area contributed by atoms with Gasteiger partial charge in [-0.3, -0.25) is 9.59 Å². The van der Waals surface area contributed by atoms with Gasteiger partial charge in [-0.15, -0.1) is 0 Å².